The molecule has 150 valence electrons. The summed E-state index contributed by atoms with van der Waals surface area (Å²) in [6.07, 6.45) is -4.39. The highest BCUT2D eigenvalue weighted by molar-refractivity contribution is 5.89. The molecule has 0 radical (unpaired) electrons. The molecule has 5 nitrogen and oxygen atoms in total. The van der Waals surface area contributed by atoms with Crippen molar-refractivity contribution in [2.75, 3.05) is 0 Å². The number of amides is 1. The molecule has 1 aromatic rings. The van der Waals surface area contributed by atoms with Crippen molar-refractivity contribution in [3.63, 3.8) is 0 Å². The minimum Gasteiger partial charge on any atom is -0.455 e. The molecule has 1 aliphatic rings. The average Bonchev–Trinajstić information content (AvgIpc) is 3.28. The molecule has 1 fully saturated rings. The highest BCUT2D eigenvalue weighted by atomic mass is 19.2. The molecule has 8 heteroatoms. The molecule has 0 aromatic heterocycles. The maximum absolute atomic E-state index is 15.1. The molecule has 0 bridgehead atoms. The van der Waals surface area contributed by atoms with Gasteiger partial charge in [-0.05, 0) is 45.2 Å². The van der Waals surface area contributed by atoms with Crippen molar-refractivity contribution in [3.05, 3.63) is 35.6 Å². The highest BCUT2D eigenvalue weighted by Crippen LogP contribution is 2.48. The number of alkyl halides is 2. The maximum atomic E-state index is 15.1. The van der Waals surface area contributed by atoms with Crippen molar-refractivity contribution in [2.45, 2.75) is 70.0 Å². The number of rotatable bonds is 5. The predicted octanol–water partition coefficient (Wildman–Crippen LogP) is 4.61. The standard InChI is InChI=1S/C19H25F3N2O3/c1-11(12-7-5-6-8-13(12)20)14(21)15(19(22)9-10-19)26-16(23)24-17(25)27-18(2,3)4/h5-8,11,14-15H,9-10H2,1-4H3,(H2,23,24,25)/t11-,14+,15-/m0/s1. The Hall–Kier alpha value is -2.25. The Morgan fingerprint density at radius 1 is 1.30 bits per heavy atom. The summed E-state index contributed by atoms with van der Waals surface area (Å²) in [5, 5.41) is 9.71. The van der Waals surface area contributed by atoms with E-state index in [-0.39, 0.29) is 18.4 Å². The Kier molecular flexibility index (Phi) is 6.07. The fourth-order valence-corrected chi connectivity index (χ4v) is 2.69. The van der Waals surface area contributed by atoms with Crippen LogP contribution in [0, 0.1) is 11.2 Å². The highest BCUT2D eigenvalue weighted by Gasteiger charge is 2.57. The molecule has 0 heterocycles. The molecule has 1 amide bonds. The molecular weight excluding hydrogens is 361 g/mol. The molecule has 2 rings (SSSR count). The van der Waals surface area contributed by atoms with E-state index in [0.717, 1.165) is 0 Å². The molecule has 0 spiro atoms. The third kappa shape index (κ3) is 5.61. The van der Waals surface area contributed by atoms with Crippen LogP contribution in [0.1, 0.15) is 52.0 Å². The predicted molar refractivity (Wildman–Crippen MR) is 94.8 cm³/mol. The Balaban J connectivity index is 2.08. The summed E-state index contributed by atoms with van der Waals surface area (Å²) in [6.45, 7) is 6.33. The lowest BCUT2D eigenvalue weighted by atomic mass is 9.90. The molecule has 1 aliphatic carbocycles. The third-order valence-corrected chi connectivity index (χ3v) is 4.26. The molecule has 27 heavy (non-hydrogen) atoms. The quantitative estimate of drug-likeness (QED) is 0.573. The van der Waals surface area contributed by atoms with Gasteiger partial charge in [-0.15, -0.1) is 0 Å². The Morgan fingerprint density at radius 3 is 2.41 bits per heavy atom. The summed E-state index contributed by atoms with van der Waals surface area (Å²) in [4.78, 5) is 11.7. The third-order valence-electron chi connectivity index (χ3n) is 4.26. The van der Waals surface area contributed by atoms with Gasteiger partial charge in [-0.25, -0.2) is 23.3 Å². The number of nitrogens with one attached hydrogen (secondary N) is 2. The van der Waals surface area contributed by atoms with Gasteiger partial charge in [0.05, 0.1) is 0 Å². The molecule has 1 aromatic carbocycles. The molecule has 0 unspecified atom stereocenters. The monoisotopic (exact) mass is 386 g/mol. The van der Waals surface area contributed by atoms with Crippen molar-refractivity contribution >= 4 is 12.1 Å². The van der Waals surface area contributed by atoms with Gasteiger partial charge < -0.3 is 9.47 Å². The van der Waals surface area contributed by atoms with E-state index in [2.05, 4.69) is 0 Å². The first kappa shape index (κ1) is 21.1. The van der Waals surface area contributed by atoms with Gasteiger partial charge in [0.15, 0.2) is 11.8 Å². The average molecular weight is 386 g/mol. The van der Waals surface area contributed by atoms with Crippen molar-refractivity contribution in [1.29, 1.82) is 5.41 Å². The molecule has 0 aliphatic heterocycles. The van der Waals surface area contributed by atoms with Gasteiger partial charge in [0, 0.05) is 5.92 Å². The van der Waals surface area contributed by atoms with Crippen LogP contribution in [0.25, 0.3) is 0 Å². The van der Waals surface area contributed by atoms with Crippen molar-refractivity contribution < 1.29 is 27.4 Å². The zero-order valence-electron chi connectivity index (χ0n) is 15.8. The molecule has 1 saturated carbocycles. The number of alkyl carbamates (subject to hydrolysis) is 1. The summed E-state index contributed by atoms with van der Waals surface area (Å²) in [5.74, 6) is -1.60. The Morgan fingerprint density at radius 2 is 1.89 bits per heavy atom. The number of halogens is 3. The van der Waals surface area contributed by atoms with E-state index < -0.39 is 47.4 Å². The van der Waals surface area contributed by atoms with Crippen LogP contribution < -0.4 is 5.32 Å². The lowest BCUT2D eigenvalue weighted by Crippen LogP contribution is -2.45. The molecule has 2 N–H and O–H groups in total. The first-order chi connectivity index (χ1) is 12.4. The number of ether oxygens (including phenoxy) is 2. The second-order valence-electron chi connectivity index (χ2n) is 7.78. The Bertz CT molecular complexity index is 702. The number of carbonyl (C=O) groups is 1. The minimum atomic E-state index is -1.96. The van der Waals surface area contributed by atoms with Crippen molar-refractivity contribution in [3.8, 4) is 0 Å². The number of hydrogen-bond acceptors (Lipinski definition) is 4. The van der Waals surface area contributed by atoms with E-state index in [0.29, 0.717) is 0 Å². The van der Waals surface area contributed by atoms with Crippen LogP contribution in [-0.2, 0) is 9.47 Å². The maximum Gasteiger partial charge on any atom is 0.415 e. The lowest BCUT2D eigenvalue weighted by molar-refractivity contribution is -0.00563. The van der Waals surface area contributed by atoms with Crippen LogP contribution in [0.5, 0.6) is 0 Å². The number of hydrogen-bond donors (Lipinski definition) is 2. The fourth-order valence-electron chi connectivity index (χ4n) is 2.69. The van der Waals surface area contributed by atoms with Gasteiger partial charge in [-0.2, -0.15) is 0 Å². The molecule has 0 saturated heterocycles. The zero-order chi connectivity index (χ0) is 20.4. The molecule has 3 atom stereocenters. The van der Waals surface area contributed by atoms with E-state index in [1.54, 1.807) is 26.8 Å². The van der Waals surface area contributed by atoms with E-state index in [1.165, 1.54) is 25.1 Å². The van der Waals surface area contributed by atoms with Crippen LogP contribution in [0.4, 0.5) is 18.0 Å². The van der Waals surface area contributed by atoms with E-state index >= 15 is 4.39 Å². The van der Waals surface area contributed by atoms with Crippen LogP contribution >= 0.6 is 0 Å². The van der Waals surface area contributed by atoms with Crippen molar-refractivity contribution in [2.24, 2.45) is 0 Å². The van der Waals surface area contributed by atoms with Crippen molar-refractivity contribution in [1.82, 2.24) is 5.32 Å². The van der Waals surface area contributed by atoms with Crippen LogP contribution in [0.3, 0.4) is 0 Å². The number of benzene rings is 1. The first-order valence-electron chi connectivity index (χ1n) is 8.75. The van der Waals surface area contributed by atoms with E-state index in [4.69, 9.17) is 14.9 Å². The fraction of sp³-hybridized carbons (Fsp3) is 0.579. The summed E-state index contributed by atoms with van der Waals surface area (Å²) < 4.78 is 53.8. The van der Waals surface area contributed by atoms with Gasteiger partial charge in [0.25, 0.3) is 6.02 Å². The van der Waals surface area contributed by atoms with Gasteiger partial charge >= 0.3 is 6.09 Å². The summed E-state index contributed by atoms with van der Waals surface area (Å²) >= 11 is 0. The van der Waals surface area contributed by atoms with Gasteiger partial charge in [-0.3, -0.25) is 5.41 Å². The number of carbonyl (C=O) groups excluding carboxylic acids is 1. The smallest absolute Gasteiger partial charge is 0.415 e. The van der Waals surface area contributed by atoms with E-state index in [1.807, 2.05) is 5.32 Å². The van der Waals surface area contributed by atoms with E-state index in [9.17, 15) is 13.6 Å². The van der Waals surface area contributed by atoms with Gasteiger partial charge in [-0.1, -0.05) is 25.1 Å². The second kappa shape index (κ2) is 7.78. The lowest BCUT2D eigenvalue weighted by Gasteiger charge is -2.29. The largest absolute Gasteiger partial charge is 0.455 e. The second-order valence-corrected chi connectivity index (χ2v) is 7.78. The summed E-state index contributed by atoms with van der Waals surface area (Å²) in [6, 6.07) is 4.84. The summed E-state index contributed by atoms with van der Waals surface area (Å²) in [5.41, 5.74) is -2.67. The minimum absolute atomic E-state index is 0.0712. The van der Waals surface area contributed by atoms with Gasteiger partial charge in [0.1, 0.15) is 17.6 Å². The zero-order valence-corrected chi connectivity index (χ0v) is 15.8. The molecular formula is C19H25F3N2O3. The number of amidine groups is 1. The SMILES string of the molecule is C[C@@H](c1ccccc1F)[C@@H](F)[C@H](OC(=N)NC(=O)OC(C)(C)C)C1(F)CC1. The van der Waals surface area contributed by atoms with Gasteiger partial charge in [0.2, 0.25) is 0 Å². The summed E-state index contributed by atoms with van der Waals surface area (Å²) in [7, 11) is 0. The first-order valence-corrected chi connectivity index (χ1v) is 8.75. The van der Waals surface area contributed by atoms with Crippen LogP contribution in [0.15, 0.2) is 24.3 Å². The topological polar surface area (TPSA) is 71.4 Å². The van der Waals surface area contributed by atoms with Crippen LogP contribution in [0.2, 0.25) is 0 Å². The Labute approximate surface area is 156 Å². The normalized spacial score (nSPS) is 18.8. The van der Waals surface area contributed by atoms with Crippen LogP contribution in [-0.4, -0.2) is 35.7 Å².